The Bertz CT molecular complexity index is 705. The molecule has 0 aromatic heterocycles. The molecule has 0 amide bonds. The van der Waals surface area contributed by atoms with Crippen molar-refractivity contribution >= 4 is 0 Å². The van der Waals surface area contributed by atoms with Crippen LogP contribution in [0.15, 0.2) is 48.5 Å². The molecule has 0 saturated carbocycles. The van der Waals surface area contributed by atoms with Crippen molar-refractivity contribution in [3.63, 3.8) is 0 Å². The molecular formula is C22H29FN2O2. The van der Waals surface area contributed by atoms with Gasteiger partial charge in [-0.1, -0.05) is 36.4 Å². The summed E-state index contributed by atoms with van der Waals surface area (Å²) in [5, 5.41) is 0. The number of nitrogens with zero attached hydrogens (tertiary/aromatic N) is 2. The first-order valence-corrected chi connectivity index (χ1v) is 9.56. The fourth-order valence-corrected chi connectivity index (χ4v) is 3.50. The molecule has 0 aliphatic carbocycles. The summed E-state index contributed by atoms with van der Waals surface area (Å²) in [5.41, 5.74) is 2.22. The number of methoxy groups -OCH3 is 1. The molecule has 1 atom stereocenters. The molecule has 146 valence electrons. The SMILES string of the molecule is COc1ccc(CN(Cc2ccccc2)C(C)CN2CCOCC2)cc1F. The van der Waals surface area contributed by atoms with Gasteiger partial charge in [0.15, 0.2) is 11.6 Å². The lowest BCUT2D eigenvalue weighted by atomic mass is 10.1. The van der Waals surface area contributed by atoms with Gasteiger partial charge in [0.05, 0.1) is 20.3 Å². The Morgan fingerprint density at radius 1 is 1.07 bits per heavy atom. The molecule has 0 radical (unpaired) electrons. The standard InChI is InChI=1S/C22H29FN2O2/c1-18(15-24-10-12-27-13-11-24)25(16-19-6-4-3-5-7-19)17-20-8-9-22(26-2)21(23)14-20/h3-9,14,18H,10-13,15-17H2,1-2H3. The van der Waals surface area contributed by atoms with Gasteiger partial charge in [0.2, 0.25) is 0 Å². The third kappa shape index (κ3) is 5.76. The second-order valence-corrected chi connectivity index (χ2v) is 7.12. The van der Waals surface area contributed by atoms with E-state index in [1.54, 1.807) is 12.1 Å². The number of morpholine rings is 1. The van der Waals surface area contributed by atoms with Crippen molar-refractivity contribution in [2.45, 2.75) is 26.1 Å². The summed E-state index contributed by atoms with van der Waals surface area (Å²) in [6.07, 6.45) is 0. The molecule has 1 fully saturated rings. The van der Waals surface area contributed by atoms with E-state index in [-0.39, 0.29) is 11.6 Å². The van der Waals surface area contributed by atoms with Crippen LogP contribution in [0.25, 0.3) is 0 Å². The molecule has 1 heterocycles. The first-order valence-electron chi connectivity index (χ1n) is 9.56. The predicted octanol–water partition coefficient (Wildman–Crippen LogP) is 3.56. The Morgan fingerprint density at radius 2 is 1.78 bits per heavy atom. The van der Waals surface area contributed by atoms with E-state index in [0.717, 1.165) is 45.0 Å². The molecule has 2 aromatic rings. The van der Waals surface area contributed by atoms with Crippen molar-refractivity contribution in [3.8, 4) is 5.75 Å². The van der Waals surface area contributed by atoms with E-state index in [1.807, 2.05) is 12.1 Å². The largest absolute Gasteiger partial charge is 0.494 e. The van der Waals surface area contributed by atoms with Crippen molar-refractivity contribution < 1.29 is 13.9 Å². The van der Waals surface area contributed by atoms with Crippen LogP contribution in [0.4, 0.5) is 4.39 Å². The highest BCUT2D eigenvalue weighted by Gasteiger charge is 2.20. The second-order valence-electron chi connectivity index (χ2n) is 7.12. The topological polar surface area (TPSA) is 24.9 Å². The Kier molecular flexibility index (Phi) is 7.21. The van der Waals surface area contributed by atoms with Crippen molar-refractivity contribution in [1.29, 1.82) is 0 Å². The maximum Gasteiger partial charge on any atom is 0.165 e. The Hall–Kier alpha value is -1.95. The summed E-state index contributed by atoms with van der Waals surface area (Å²) in [5.74, 6) is -0.0229. The fraction of sp³-hybridized carbons (Fsp3) is 0.455. The number of benzene rings is 2. The molecular weight excluding hydrogens is 343 g/mol. The van der Waals surface area contributed by atoms with Crippen LogP contribution in [0, 0.1) is 5.82 Å². The monoisotopic (exact) mass is 372 g/mol. The summed E-state index contributed by atoms with van der Waals surface area (Å²) in [4.78, 5) is 4.85. The zero-order chi connectivity index (χ0) is 19.1. The smallest absolute Gasteiger partial charge is 0.165 e. The molecule has 1 unspecified atom stereocenters. The summed E-state index contributed by atoms with van der Waals surface area (Å²) in [6.45, 7) is 8.31. The minimum Gasteiger partial charge on any atom is -0.494 e. The average Bonchev–Trinajstić information content (AvgIpc) is 2.69. The highest BCUT2D eigenvalue weighted by Crippen LogP contribution is 2.21. The van der Waals surface area contributed by atoms with E-state index < -0.39 is 0 Å². The van der Waals surface area contributed by atoms with Gasteiger partial charge in [-0.2, -0.15) is 0 Å². The molecule has 0 spiro atoms. The van der Waals surface area contributed by atoms with E-state index in [4.69, 9.17) is 9.47 Å². The quantitative estimate of drug-likeness (QED) is 0.707. The molecule has 1 aliphatic rings. The number of rotatable bonds is 8. The highest BCUT2D eigenvalue weighted by molar-refractivity contribution is 5.29. The molecule has 4 nitrogen and oxygen atoms in total. The molecule has 5 heteroatoms. The van der Waals surface area contributed by atoms with E-state index >= 15 is 0 Å². The van der Waals surface area contributed by atoms with Gasteiger partial charge in [-0.25, -0.2) is 4.39 Å². The first-order chi connectivity index (χ1) is 13.2. The van der Waals surface area contributed by atoms with Gasteiger partial charge in [0.25, 0.3) is 0 Å². The van der Waals surface area contributed by atoms with Crippen LogP contribution in [0.3, 0.4) is 0 Å². The lowest BCUT2D eigenvalue weighted by Gasteiger charge is -2.35. The molecule has 27 heavy (non-hydrogen) atoms. The van der Waals surface area contributed by atoms with Crippen molar-refractivity contribution in [1.82, 2.24) is 9.80 Å². The predicted molar refractivity (Wildman–Crippen MR) is 105 cm³/mol. The lowest BCUT2D eigenvalue weighted by molar-refractivity contribution is 0.0226. The van der Waals surface area contributed by atoms with E-state index in [1.165, 1.54) is 12.7 Å². The van der Waals surface area contributed by atoms with Crippen LogP contribution in [0.1, 0.15) is 18.1 Å². The fourth-order valence-electron chi connectivity index (χ4n) is 3.50. The Morgan fingerprint density at radius 3 is 2.44 bits per heavy atom. The molecule has 3 rings (SSSR count). The van der Waals surface area contributed by atoms with Gasteiger partial charge in [0.1, 0.15) is 0 Å². The van der Waals surface area contributed by atoms with Crippen LogP contribution in [-0.2, 0) is 17.8 Å². The minimum atomic E-state index is -0.310. The van der Waals surface area contributed by atoms with Gasteiger partial charge in [-0.15, -0.1) is 0 Å². The Labute approximate surface area is 161 Å². The zero-order valence-electron chi connectivity index (χ0n) is 16.2. The normalized spacial score (nSPS) is 16.4. The summed E-state index contributed by atoms with van der Waals surface area (Å²) < 4.78 is 24.6. The van der Waals surface area contributed by atoms with Crippen LogP contribution in [0.5, 0.6) is 5.75 Å². The molecule has 0 bridgehead atoms. The van der Waals surface area contributed by atoms with Crippen LogP contribution in [-0.4, -0.2) is 55.8 Å². The number of hydrogen-bond donors (Lipinski definition) is 0. The van der Waals surface area contributed by atoms with Gasteiger partial charge < -0.3 is 9.47 Å². The van der Waals surface area contributed by atoms with Crippen LogP contribution in [0.2, 0.25) is 0 Å². The third-order valence-corrected chi connectivity index (χ3v) is 5.08. The summed E-state index contributed by atoms with van der Waals surface area (Å²) in [7, 11) is 1.49. The van der Waals surface area contributed by atoms with Gasteiger partial charge in [-0.05, 0) is 30.2 Å². The highest BCUT2D eigenvalue weighted by atomic mass is 19.1. The minimum absolute atomic E-state index is 0.287. The number of ether oxygens (including phenoxy) is 2. The zero-order valence-corrected chi connectivity index (χ0v) is 16.2. The molecule has 0 N–H and O–H groups in total. The first kappa shape index (κ1) is 19.8. The van der Waals surface area contributed by atoms with Gasteiger partial charge in [0, 0.05) is 38.8 Å². The van der Waals surface area contributed by atoms with E-state index in [9.17, 15) is 4.39 Å². The van der Waals surface area contributed by atoms with E-state index in [0.29, 0.717) is 12.6 Å². The second kappa shape index (κ2) is 9.83. The lowest BCUT2D eigenvalue weighted by Crippen LogP contribution is -2.45. The maximum absolute atomic E-state index is 14.1. The maximum atomic E-state index is 14.1. The molecule has 2 aromatic carbocycles. The Balaban J connectivity index is 1.72. The number of halogens is 1. The van der Waals surface area contributed by atoms with Crippen LogP contribution < -0.4 is 4.74 Å². The van der Waals surface area contributed by atoms with Crippen molar-refractivity contribution in [3.05, 3.63) is 65.5 Å². The number of hydrogen-bond acceptors (Lipinski definition) is 4. The third-order valence-electron chi connectivity index (χ3n) is 5.08. The summed E-state index contributed by atoms with van der Waals surface area (Å²) >= 11 is 0. The van der Waals surface area contributed by atoms with Crippen molar-refractivity contribution in [2.24, 2.45) is 0 Å². The molecule has 1 aliphatic heterocycles. The average molecular weight is 372 g/mol. The van der Waals surface area contributed by atoms with Gasteiger partial charge in [-0.3, -0.25) is 9.80 Å². The van der Waals surface area contributed by atoms with Crippen LogP contribution >= 0.6 is 0 Å². The summed E-state index contributed by atoms with van der Waals surface area (Å²) in [6, 6.07) is 16.0. The van der Waals surface area contributed by atoms with Gasteiger partial charge >= 0.3 is 0 Å². The van der Waals surface area contributed by atoms with E-state index in [2.05, 4.69) is 41.0 Å². The van der Waals surface area contributed by atoms with Crippen molar-refractivity contribution in [2.75, 3.05) is 40.0 Å². The molecule has 1 saturated heterocycles.